The molecule has 0 bridgehead atoms. The number of thiophene rings is 6. The number of nitriles is 4. The van der Waals surface area contributed by atoms with E-state index in [1.807, 2.05) is 55.9 Å². The minimum Gasteiger partial charge on any atom is -0.479 e. The van der Waals surface area contributed by atoms with Crippen LogP contribution in [0.4, 0.5) is 0 Å². The molecule has 0 spiro atoms. The molecule has 0 aromatic carbocycles. The minimum atomic E-state index is -1.36. The molecule has 0 aliphatic carbocycles. The molecule has 0 saturated heterocycles. The van der Waals surface area contributed by atoms with Crippen molar-refractivity contribution in [3.8, 4) is 24.3 Å². The molecule has 0 aliphatic rings. The fourth-order valence-corrected chi connectivity index (χ4v) is 12.7. The minimum absolute atomic E-state index is 0.0518. The van der Waals surface area contributed by atoms with Gasteiger partial charge in [0.05, 0.1) is 24.3 Å². The summed E-state index contributed by atoms with van der Waals surface area (Å²) in [6.45, 7) is 0. The van der Waals surface area contributed by atoms with Crippen LogP contribution >= 0.6 is 68.0 Å². The maximum Gasteiger partial charge on any atom is 0.338 e. The van der Waals surface area contributed by atoms with Crippen molar-refractivity contribution in [3.63, 3.8) is 0 Å². The zero-order valence-electron chi connectivity index (χ0n) is 68.7. The molecule has 44 heteroatoms. The van der Waals surface area contributed by atoms with Crippen LogP contribution < -0.4 is 0 Å². The highest BCUT2D eigenvalue weighted by atomic mass is 32.1. The van der Waals surface area contributed by atoms with E-state index in [2.05, 4.69) is 29.9 Å². The van der Waals surface area contributed by atoms with Gasteiger partial charge in [0.25, 0.3) is 0 Å². The number of aliphatic carboxylic acids is 8. The van der Waals surface area contributed by atoms with E-state index in [9.17, 15) is 38.4 Å². The van der Waals surface area contributed by atoms with Crippen molar-refractivity contribution >= 4 is 116 Å². The van der Waals surface area contributed by atoms with Gasteiger partial charge in [0.2, 0.25) is 0 Å². The molecule has 12 rings (SSSR count). The van der Waals surface area contributed by atoms with Crippen molar-refractivity contribution in [1.82, 2.24) is 29.9 Å². The van der Waals surface area contributed by atoms with Crippen LogP contribution in [0.3, 0.4) is 0 Å². The van der Waals surface area contributed by atoms with E-state index in [1.165, 1.54) is 69.1 Å². The van der Waals surface area contributed by atoms with Crippen LogP contribution in [0.5, 0.6) is 0 Å². The number of pyridine rings is 6. The van der Waals surface area contributed by atoms with Crippen LogP contribution in [0.1, 0.15) is 83.4 Å². The summed E-state index contributed by atoms with van der Waals surface area (Å²) < 4.78 is 0. The molecule has 4 unspecified atom stereocenters. The van der Waals surface area contributed by atoms with Gasteiger partial charge >= 0.3 is 47.8 Å². The van der Waals surface area contributed by atoms with Gasteiger partial charge < -0.3 is 102 Å². The summed E-state index contributed by atoms with van der Waals surface area (Å²) in [6.07, 6.45) is 1.78. The highest BCUT2D eigenvalue weighted by Gasteiger charge is 2.20. The number of rotatable bonds is 29. The normalized spacial score (nSPS) is 12.5. The van der Waals surface area contributed by atoms with Gasteiger partial charge in [-0.1, -0.05) is 54.6 Å². The molecule has 0 radical (unpaired) electrons. The third-order valence-corrected chi connectivity index (χ3v) is 20.0. The van der Waals surface area contributed by atoms with E-state index < -0.39 is 121 Å². The van der Waals surface area contributed by atoms with Crippen LogP contribution in [0.25, 0.3) is 0 Å². The maximum absolute atomic E-state index is 10.2. The van der Waals surface area contributed by atoms with Gasteiger partial charge in [0.15, 0.2) is 54.9 Å². The molecule has 12 aromatic rings. The van der Waals surface area contributed by atoms with E-state index in [-0.39, 0.29) is 38.5 Å². The van der Waals surface area contributed by atoms with E-state index in [0.29, 0.717) is 56.4 Å². The summed E-state index contributed by atoms with van der Waals surface area (Å²) >= 11 is 8.39. The van der Waals surface area contributed by atoms with Crippen molar-refractivity contribution in [3.05, 3.63) is 315 Å². The third kappa shape index (κ3) is 56.3. The molecule has 0 fully saturated rings. The second kappa shape index (κ2) is 69.4. The SMILES string of the molecule is N#CC(O)Cc1ccccn1.N#CC(O)Cc1cccnc1.N#CC(O)Cc1ccsc1.N#CC(O)c1cccs1.O=C(O)[C@@H](O)Cc1cccnc1.O=C(O)[C@@H](O)Cc1ccsc1.O=C(O)[C@@H](O)c1cccs1.O=C(O)[C@H](O)Cc1ccccn1.O=C(O)[C@H](O)Cc1ccccn1.O=C(O)[C@H](O)Cc1cccnc1.O=C(O)[C@H](O)Cc1ccsc1.O=C(O)[C@H](O)c1cccs1. The Bertz CT molecular complexity index is 4840. The first-order valence-corrected chi connectivity index (χ1v) is 43.0. The number of aliphatic hydroxyl groups excluding tert-OH is 12. The second-order valence-corrected chi connectivity index (χ2v) is 30.7. The molecule has 694 valence electrons. The third-order valence-electron chi connectivity index (χ3n) is 15.1. The number of carbonyl (C=O) groups is 8. The molecule has 12 aromatic heterocycles. The fourth-order valence-electron chi connectivity index (χ4n) is 8.58. The molecule has 12 atom stereocenters. The van der Waals surface area contributed by atoms with Crippen LogP contribution in [0.15, 0.2) is 250 Å². The molecule has 20 N–H and O–H groups in total. The number of aliphatic hydroxyl groups is 12. The number of nitrogens with zero attached hydrogens (tertiary/aromatic N) is 10. The topological polar surface area (TPSA) is 714 Å². The van der Waals surface area contributed by atoms with Crippen molar-refractivity contribution in [1.29, 1.82) is 21.0 Å². The van der Waals surface area contributed by atoms with Crippen molar-refractivity contribution in [2.24, 2.45) is 0 Å². The summed E-state index contributed by atoms with van der Waals surface area (Å²) in [5, 5.41) is 223. The van der Waals surface area contributed by atoms with Gasteiger partial charge in [0, 0.05) is 145 Å². The lowest BCUT2D eigenvalue weighted by molar-refractivity contribution is -0.147. The maximum atomic E-state index is 10.2. The van der Waals surface area contributed by atoms with Gasteiger partial charge in [-0.3, -0.25) is 29.9 Å². The monoisotopic (exact) mass is 1920 g/mol. The summed E-state index contributed by atoms with van der Waals surface area (Å²) in [7, 11) is 0. The Labute approximate surface area is 772 Å². The summed E-state index contributed by atoms with van der Waals surface area (Å²) in [6, 6.07) is 48.7. The number of aromatic nitrogens is 6. The van der Waals surface area contributed by atoms with Crippen LogP contribution in [0.2, 0.25) is 0 Å². The molecular formula is C87H92N10O28S6. The van der Waals surface area contributed by atoms with Crippen molar-refractivity contribution < 1.29 is 140 Å². The van der Waals surface area contributed by atoms with Crippen molar-refractivity contribution in [2.75, 3.05) is 0 Å². The molecule has 38 nitrogen and oxygen atoms in total. The standard InChI is InChI=1S/2C8H8N2O.4C8H9NO3.C7H7NOS.2C7H8O3S.C6H5NOS.2C6H6O3S/c9-5-8(11)4-7-2-1-3-10-6-7;9-6-8(11)5-7-3-1-2-4-10-7;2*10-7(8(11)12)4-6-2-1-3-9-5-6;2*10-7(8(11)12)5-6-3-1-2-4-9-6;8-4-7(9)3-6-1-2-10-5-6;2*8-6(7(9)10)3-5-1-2-11-4-5;7-4-5(8)6-2-1-3-9-6;2*7-5(6(8)9)4-2-1-3-10-4/h1-3,6,8,11H,4H2;1-4,8,11H,5H2;2*1-3,5,7,10H,4H2,(H,11,12);2*1-4,7,10H,5H2,(H,11,12);1-2,5,7,9H,3H2;2*1-2,4,6,8H,3H2,(H,9,10);1-3,5,8H;2*1-3,5,7H,(H,8,9)/t;;4*7-;;2*6-;;2*5-/m..1011.10.10/s1. The molecule has 0 amide bonds. The fraction of sp³-hybridized carbons (Fsp3) is 0.241. The number of hydrogen-bond acceptors (Lipinski definition) is 36. The Morgan fingerprint density at radius 2 is 0.534 bits per heavy atom. The molecule has 12 heterocycles. The average molecular weight is 1920 g/mol. The summed E-state index contributed by atoms with van der Waals surface area (Å²) in [4.78, 5) is 106. The van der Waals surface area contributed by atoms with Gasteiger partial charge in [-0.15, -0.1) is 34.0 Å². The quantitative estimate of drug-likeness (QED) is 0.0210. The van der Waals surface area contributed by atoms with E-state index in [0.717, 1.165) is 27.9 Å². The lowest BCUT2D eigenvalue weighted by Crippen LogP contribution is -2.22. The van der Waals surface area contributed by atoms with Gasteiger partial charge in [-0.2, -0.15) is 55.1 Å². The van der Waals surface area contributed by atoms with Crippen molar-refractivity contribution in [2.45, 2.75) is 131 Å². The Morgan fingerprint density at radius 1 is 0.267 bits per heavy atom. The van der Waals surface area contributed by atoms with Gasteiger partial charge in [0.1, 0.15) is 18.3 Å². The first-order valence-electron chi connectivity index (χ1n) is 37.5. The van der Waals surface area contributed by atoms with Gasteiger partial charge in [-0.05, 0) is 173 Å². The molecule has 131 heavy (non-hydrogen) atoms. The zero-order valence-corrected chi connectivity index (χ0v) is 73.6. The van der Waals surface area contributed by atoms with E-state index >= 15 is 0 Å². The summed E-state index contributed by atoms with van der Waals surface area (Å²) in [5.74, 6) is -9.61. The first kappa shape index (κ1) is 115. The average Bonchev–Trinajstić information content (AvgIpc) is 1.76. The van der Waals surface area contributed by atoms with Gasteiger partial charge in [-0.25, -0.2) is 38.4 Å². The summed E-state index contributed by atoms with van der Waals surface area (Å²) in [5.41, 5.74) is 6.96. The largest absolute Gasteiger partial charge is 0.479 e. The van der Waals surface area contributed by atoms with E-state index in [4.69, 9.17) is 123 Å². The highest BCUT2D eigenvalue weighted by Crippen LogP contribution is 2.21. The lowest BCUT2D eigenvalue weighted by atomic mass is 10.1. The van der Waals surface area contributed by atoms with E-state index in [1.54, 1.807) is 217 Å². The Kier molecular flexibility index (Phi) is 61.1. The zero-order chi connectivity index (χ0) is 97.9. The van der Waals surface area contributed by atoms with Crippen LogP contribution in [-0.4, -0.2) is 235 Å². The lowest BCUT2D eigenvalue weighted by Gasteiger charge is -2.03. The predicted molar refractivity (Wildman–Crippen MR) is 477 cm³/mol. The Morgan fingerprint density at radius 3 is 0.771 bits per heavy atom. The number of hydrogen-bond donors (Lipinski definition) is 20. The smallest absolute Gasteiger partial charge is 0.338 e. The van der Waals surface area contributed by atoms with Crippen LogP contribution in [-0.2, 0) is 96.1 Å². The molecular weight excluding hydrogens is 1830 g/mol. The van der Waals surface area contributed by atoms with Crippen LogP contribution in [0, 0.1) is 45.3 Å². The number of carboxylic acids is 8. The second-order valence-electron chi connectivity index (χ2n) is 25.4. The number of carboxylic acid groups (broad SMARTS) is 8. The Balaban J connectivity index is 0.000000715. The predicted octanol–water partition coefficient (Wildman–Crippen LogP) is 6.98. The highest BCUT2D eigenvalue weighted by molar-refractivity contribution is 7.10. The molecule has 0 aliphatic heterocycles. The Hall–Kier alpha value is -13.7. The first-order chi connectivity index (χ1) is 62.4. The molecule has 0 saturated carbocycles.